The summed E-state index contributed by atoms with van der Waals surface area (Å²) in [4.78, 5) is 34.9. The van der Waals surface area contributed by atoms with E-state index in [2.05, 4.69) is 149 Å². The number of rotatable bonds is 13. The number of H-pyrrole nitrogens is 2. The molecular formula is C54H68N2O2Si2. The largest absolute Gasteiger partial charge is 0.355 e. The molecule has 0 aliphatic heterocycles. The molecule has 4 nitrogen and oxygen atoms in total. The fourth-order valence-electron chi connectivity index (χ4n) is 10.5. The molecule has 2 heterocycles. The second kappa shape index (κ2) is 18.8. The summed E-state index contributed by atoms with van der Waals surface area (Å²) in [5.74, 6) is 6.61. The van der Waals surface area contributed by atoms with Crippen molar-refractivity contribution in [1.82, 2.24) is 9.97 Å². The first-order chi connectivity index (χ1) is 28.2. The van der Waals surface area contributed by atoms with Gasteiger partial charge in [-0.25, -0.2) is 0 Å². The van der Waals surface area contributed by atoms with E-state index >= 15 is 0 Å². The van der Waals surface area contributed by atoms with Crippen LogP contribution in [0.4, 0.5) is 0 Å². The summed E-state index contributed by atoms with van der Waals surface area (Å²) in [7, 11) is -3.75. The fraction of sp³-hybridized carbons (Fsp3) is 0.407. The van der Waals surface area contributed by atoms with Crippen LogP contribution in [-0.4, -0.2) is 37.7 Å². The minimum Gasteiger partial charge on any atom is -0.355 e. The SMILES string of the molecule is Cc1cc(C)c(C(c2ccc(C(=O)c3ccc(C#C[Si](C(C)C)(C(C)C)C(C)C)cc3)[nH]2)c2ccc(C(=O)c3ccc(C#C[Si](C(C)C)(C(C)C)C(C)C)cc3)[nH]2)c(C)c1. The monoisotopic (exact) mass is 832 g/mol. The maximum atomic E-state index is 14.0. The zero-order chi connectivity index (χ0) is 44.3. The van der Waals surface area contributed by atoms with Gasteiger partial charge in [-0.2, -0.15) is 0 Å². The molecule has 5 aromatic rings. The van der Waals surface area contributed by atoms with Crippen LogP contribution in [0.25, 0.3) is 0 Å². The topological polar surface area (TPSA) is 65.7 Å². The number of hydrogen-bond donors (Lipinski definition) is 2. The van der Waals surface area contributed by atoms with Crippen molar-refractivity contribution in [1.29, 1.82) is 0 Å². The molecule has 0 saturated carbocycles. The Morgan fingerprint density at radius 2 is 0.783 bits per heavy atom. The highest BCUT2D eigenvalue weighted by Gasteiger charge is 2.42. The van der Waals surface area contributed by atoms with E-state index in [1.807, 2.05) is 72.8 Å². The number of ketones is 2. The first-order valence-electron chi connectivity index (χ1n) is 22.1. The van der Waals surface area contributed by atoms with Crippen molar-refractivity contribution < 1.29 is 9.59 Å². The van der Waals surface area contributed by atoms with Crippen molar-refractivity contribution in [2.45, 2.75) is 143 Å². The van der Waals surface area contributed by atoms with Gasteiger partial charge in [0.05, 0.1) is 17.3 Å². The van der Waals surface area contributed by atoms with Gasteiger partial charge in [0.2, 0.25) is 11.6 Å². The molecule has 0 bridgehead atoms. The van der Waals surface area contributed by atoms with Crippen LogP contribution in [0.2, 0.25) is 33.2 Å². The van der Waals surface area contributed by atoms with E-state index in [1.165, 1.54) is 5.56 Å². The molecule has 60 heavy (non-hydrogen) atoms. The summed E-state index contributed by atoms with van der Waals surface area (Å²) >= 11 is 0. The van der Waals surface area contributed by atoms with Gasteiger partial charge in [0.1, 0.15) is 16.1 Å². The average Bonchev–Trinajstić information content (AvgIpc) is 3.87. The molecule has 0 saturated heterocycles. The Kier molecular flexibility index (Phi) is 14.5. The lowest BCUT2D eigenvalue weighted by molar-refractivity contribution is 0.102. The van der Waals surface area contributed by atoms with Crippen LogP contribution in [0.1, 0.15) is 166 Å². The van der Waals surface area contributed by atoms with Crippen LogP contribution >= 0.6 is 0 Å². The molecule has 6 heteroatoms. The van der Waals surface area contributed by atoms with Crippen LogP contribution in [0.15, 0.2) is 84.9 Å². The van der Waals surface area contributed by atoms with Crippen molar-refractivity contribution in [2.24, 2.45) is 0 Å². The maximum Gasteiger partial charge on any atom is 0.209 e. The first kappa shape index (κ1) is 46.2. The number of carbonyl (C=O) groups excluding carboxylic acids is 2. The van der Waals surface area contributed by atoms with Crippen LogP contribution < -0.4 is 0 Å². The van der Waals surface area contributed by atoms with E-state index in [4.69, 9.17) is 0 Å². The third-order valence-electron chi connectivity index (χ3n) is 13.4. The Labute approximate surface area is 363 Å². The summed E-state index contributed by atoms with van der Waals surface area (Å²) < 4.78 is 0. The number of hydrogen-bond acceptors (Lipinski definition) is 2. The van der Waals surface area contributed by atoms with Crippen molar-refractivity contribution >= 4 is 27.7 Å². The van der Waals surface area contributed by atoms with E-state index in [9.17, 15) is 9.59 Å². The van der Waals surface area contributed by atoms with Gasteiger partial charge in [-0.3, -0.25) is 9.59 Å². The summed E-state index contributed by atoms with van der Waals surface area (Å²) in [6, 6.07) is 27.6. The average molecular weight is 833 g/mol. The van der Waals surface area contributed by atoms with Crippen molar-refractivity contribution in [3.05, 3.63) is 152 Å². The van der Waals surface area contributed by atoms with Crippen LogP contribution in [0.3, 0.4) is 0 Å². The van der Waals surface area contributed by atoms with Crippen LogP contribution in [0, 0.1) is 43.7 Å². The molecule has 0 radical (unpaired) electrons. The predicted molar refractivity (Wildman–Crippen MR) is 259 cm³/mol. The van der Waals surface area contributed by atoms with E-state index in [0.717, 1.165) is 39.2 Å². The third kappa shape index (κ3) is 9.22. The number of carbonyl (C=O) groups is 2. The van der Waals surface area contributed by atoms with E-state index in [1.54, 1.807) is 0 Å². The molecule has 314 valence electrons. The Morgan fingerprint density at radius 3 is 1.08 bits per heavy atom. The van der Waals surface area contributed by atoms with Gasteiger partial charge in [0.25, 0.3) is 0 Å². The molecule has 0 amide bonds. The van der Waals surface area contributed by atoms with Gasteiger partial charge in [-0.05, 0) is 144 Å². The highest BCUT2D eigenvalue weighted by molar-refractivity contribution is 6.91. The molecule has 3 aromatic carbocycles. The lowest BCUT2D eigenvalue weighted by atomic mass is 9.85. The number of aromatic amines is 2. The van der Waals surface area contributed by atoms with Crippen LogP contribution in [0.5, 0.6) is 0 Å². The Balaban J connectivity index is 1.45. The van der Waals surface area contributed by atoms with E-state index < -0.39 is 16.1 Å². The molecule has 0 spiro atoms. The minimum absolute atomic E-state index is 0.0757. The number of benzene rings is 3. The summed E-state index contributed by atoms with van der Waals surface area (Å²) in [6.07, 6.45) is 0. The number of aromatic nitrogens is 2. The predicted octanol–water partition coefficient (Wildman–Crippen LogP) is 14.0. The molecule has 2 N–H and O–H groups in total. The smallest absolute Gasteiger partial charge is 0.209 e. The maximum absolute atomic E-state index is 14.0. The lowest BCUT2D eigenvalue weighted by Crippen LogP contribution is -2.43. The standard InChI is InChI=1S/C54H68N2O2Si2/c1-34(2)59(35(3)4,36(5)6)30-28-43-16-20-45(21-17-43)53(57)49-26-24-47(55-49)52(51-41(14)32-40(13)33-42(51)15)48-25-27-50(56-48)54(58)46-22-18-44(19-23-46)29-31-60(37(7)8,38(9)10)39(11)12/h16-27,32-39,52,55-56H,1-15H3. The molecule has 0 fully saturated rings. The Bertz CT molecular complexity index is 2220. The first-order valence-corrected chi connectivity index (χ1v) is 26.5. The number of aryl methyl sites for hydroxylation is 3. The van der Waals surface area contributed by atoms with E-state index in [-0.39, 0.29) is 17.5 Å². The molecule has 0 aliphatic carbocycles. The van der Waals surface area contributed by atoms with Crippen LogP contribution in [-0.2, 0) is 0 Å². The molecule has 0 unspecified atom stereocenters. The van der Waals surface area contributed by atoms with Crippen molar-refractivity contribution in [2.75, 3.05) is 0 Å². The highest BCUT2D eigenvalue weighted by atomic mass is 28.3. The van der Waals surface area contributed by atoms with E-state index in [0.29, 0.717) is 55.8 Å². The fourth-order valence-corrected chi connectivity index (χ4v) is 21.0. The highest BCUT2D eigenvalue weighted by Crippen LogP contribution is 2.42. The lowest BCUT2D eigenvalue weighted by Gasteiger charge is -2.38. The minimum atomic E-state index is -1.87. The number of nitrogens with one attached hydrogen (secondary N) is 2. The van der Waals surface area contributed by atoms with Crippen molar-refractivity contribution in [3.63, 3.8) is 0 Å². The summed E-state index contributed by atoms with van der Waals surface area (Å²) in [6.45, 7) is 34.2. The van der Waals surface area contributed by atoms with Gasteiger partial charge in [0, 0.05) is 33.6 Å². The van der Waals surface area contributed by atoms with Crippen molar-refractivity contribution in [3.8, 4) is 22.9 Å². The molecule has 0 atom stereocenters. The van der Waals surface area contributed by atoms with Gasteiger partial charge in [-0.1, -0.05) is 113 Å². The second-order valence-electron chi connectivity index (χ2n) is 19.0. The van der Waals surface area contributed by atoms with Gasteiger partial charge < -0.3 is 9.97 Å². The quantitative estimate of drug-likeness (QED) is 0.0705. The van der Waals surface area contributed by atoms with Gasteiger partial charge in [-0.15, -0.1) is 11.1 Å². The molecule has 5 rings (SSSR count). The normalized spacial score (nSPS) is 12.2. The Hall–Kier alpha value is -4.89. The second-order valence-corrected chi connectivity index (χ2v) is 30.2. The van der Waals surface area contributed by atoms with Gasteiger partial charge in [0.15, 0.2) is 0 Å². The molecule has 2 aromatic heterocycles. The third-order valence-corrected chi connectivity index (χ3v) is 26.0. The molecule has 0 aliphatic rings. The zero-order valence-corrected chi connectivity index (χ0v) is 40.9. The summed E-state index contributed by atoms with van der Waals surface area (Å²) in [5.41, 5.74) is 21.4. The molecular weight excluding hydrogens is 765 g/mol. The summed E-state index contributed by atoms with van der Waals surface area (Å²) in [5, 5.41) is 0. The van der Waals surface area contributed by atoms with Gasteiger partial charge >= 0.3 is 0 Å². The Morgan fingerprint density at radius 1 is 0.467 bits per heavy atom. The zero-order valence-electron chi connectivity index (χ0n) is 38.9.